The minimum atomic E-state index is -4.09. The second-order valence-corrected chi connectivity index (χ2v) is 5.46. The zero-order valence-corrected chi connectivity index (χ0v) is 11.9. The lowest BCUT2D eigenvalue weighted by Crippen LogP contribution is -2.41. The van der Waals surface area contributed by atoms with Crippen LogP contribution in [-0.4, -0.2) is 37.3 Å². The first-order chi connectivity index (χ1) is 10.0. The predicted molar refractivity (Wildman–Crippen MR) is 74.5 cm³/mol. The van der Waals surface area contributed by atoms with E-state index in [9.17, 15) is 13.2 Å². The van der Waals surface area contributed by atoms with Crippen molar-refractivity contribution in [2.45, 2.75) is 25.6 Å². The van der Waals surface area contributed by atoms with Gasteiger partial charge in [0.25, 0.3) is 0 Å². The molecule has 1 heterocycles. The van der Waals surface area contributed by atoms with Crippen molar-refractivity contribution in [3.05, 3.63) is 35.9 Å². The molecule has 3 nitrogen and oxygen atoms in total. The zero-order valence-electron chi connectivity index (χ0n) is 11.9. The quantitative estimate of drug-likeness (QED) is 0.646. The van der Waals surface area contributed by atoms with E-state index in [-0.39, 0.29) is 0 Å². The van der Waals surface area contributed by atoms with Gasteiger partial charge in [0.1, 0.15) is 0 Å². The van der Waals surface area contributed by atoms with Gasteiger partial charge in [0.05, 0.1) is 13.2 Å². The number of nitrogens with one attached hydrogen (secondary N) is 1. The van der Waals surface area contributed by atoms with E-state index in [2.05, 4.69) is 5.48 Å². The van der Waals surface area contributed by atoms with Gasteiger partial charge in [-0.15, -0.1) is 0 Å². The fraction of sp³-hybridized carbons (Fsp3) is 0.600. The number of hydrogen-bond donors (Lipinski definition) is 1. The van der Waals surface area contributed by atoms with Gasteiger partial charge in [-0.2, -0.15) is 13.2 Å². The molecule has 118 valence electrons. The highest BCUT2D eigenvalue weighted by molar-refractivity contribution is 5.13. The summed E-state index contributed by atoms with van der Waals surface area (Å²) in [6.45, 7) is 1.40. The van der Waals surface area contributed by atoms with E-state index in [1.807, 2.05) is 30.3 Å². The van der Waals surface area contributed by atoms with Crippen molar-refractivity contribution in [1.82, 2.24) is 10.4 Å². The Hall–Kier alpha value is -1.11. The van der Waals surface area contributed by atoms with Gasteiger partial charge >= 0.3 is 6.18 Å². The number of alkyl halides is 3. The molecular formula is C15H21F3N2O. The van der Waals surface area contributed by atoms with Crippen LogP contribution in [0.15, 0.2) is 30.3 Å². The minimum absolute atomic E-state index is 0.380. The van der Waals surface area contributed by atoms with Crippen molar-refractivity contribution in [3.63, 3.8) is 0 Å². The van der Waals surface area contributed by atoms with Crippen molar-refractivity contribution < 1.29 is 18.0 Å². The summed E-state index contributed by atoms with van der Waals surface area (Å²) in [7, 11) is 0. The van der Waals surface area contributed by atoms with E-state index in [0.717, 1.165) is 18.4 Å². The highest BCUT2D eigenvalue weighted by Crippen LogP contribution is 2.22. The average molecular weight is 302 g/mol. The number of benzene rings is 1. The summed E-state index contributed by atoms with van der Waals surface area (Å²) in [5, 5.41) is 0. The molecular weight excluding hydrogens is 281 g/mol. The predicted octanol–water partition coefficient (Wildman–Crippen LogP) is 2.98. The van der Waals surface area contributed by atoms with E-state index in [0.29, 0.717) is 32.2 Å². The van der Waals surface area contributed by atoms with Crippen LogP contribution in [0.4, 0.5) is 13.2 Å². The minimum Gasteiger partial charge on any atom is -0.297 e. The molecule has 1 aliphatic rings. The molecule has 0 amide bonds. The molecule has 1 fully saturated rings. The summed E-state index contributed by atoms with van der Waals surface area (Å²) in [6.07, 6.45) is -2.54. The molecule has 1 aromatic rings. The molecule has 0 saturated carbocycles. The molecule has 1 aliphatic heterocycles. The maximum Gasteiger partial charge on any atom is 0.401 e. The normalized spacial score (nSPS) is 18.0. The van der Waals surface area contributed by atoms with Crippen LogP contribution in [0.3, 0.4) is 0 Å². The maximum absolute atomic E-state index is 12.3. The lowest BCUT2D eigenvalue weighted by Gasteiger charge is -2.32. The third-order valence-corrected chi connectivity index (χ3v) is 3.67. The highest BCUT2D eigenvalue weighted by Gasteiger charge is 2.32. The molecule has 0 aromatic heterocycles. The van der Waals surface area contributed by atoms with Crippen LogP contribution in [0.2, 0.25) is 0 Å². The van der Waals surface area contributed by atoms with Gasteiger partial charge in [-0.1, -0.05) is 30.3 Å². The molecule has 0 unspecified atom stereocenters. The first-order valence-electron chi connectivity index (χ1n) is 7.20. The first kappa shape index (κ1) is 16.3. The fourth-order valence-corrected chi connectivity index (χ4v) is 2.49. The van der Waals surface area contributed by atoms with Crippen LogP contribution in [0.25, 0.3) is 0 Å². The number of nitrogens with zero attached hydrogens (tertiary/aromatic N) is 1. The van der Waals surface area contributed by atoms with Gasteiger partial charge in [-0.3, -0.25) is 9.74 Å². The molecule has 0 radical (unpaired) electrons. The van der Waals surface area contributed by atoms with Crippen LogP contribution in [0.1, 0.15) is 18.4 Å². The van der Waals surface area contributed by atoms with Crippen molar-refractivity contribution >= 4 is 0 Å². The number of hydrogen-bond acceptors (Lipinski definition) is 3. The van der Waals surface area contributed by atoms with Gasteiger partial charge in [0.15, 0.2) is 0 Å². The molecule has 0 aliphatic carbocycles. The van der Waals surface area contributed by atoms with Gasteiger partial charge < -0.3 is 0 Å². The third kappa shape index (κ3) is 6.46. The average Bonchev–Trinajstić information content (AvgIpc) is 2.45. The second kappa shape index (κ2) is 7.77. The summed E-state index contributed by atoms with van der Waals surface area (Å²) in [5.74, 6) is 0.380. The van der Waals surface area contributed by atoms with Crippen molar-refractivity contribution in [3.8, 4) is 0 Å². The van der Waals surface area contributed by atoms with E-state index in [1.165, 1.54) is 4.90 Å². The van der Waals surface area contributed by atoms with Gasteiger partial charge in [0, 0.05) is 6.54 Å². The van der Waals surface area contributed by atoms with Gasteiger partial charge in [0.2, 0.25) is 0 Å². The summed E-state index contributed by atoms with van der Waals surface area (Å²) >= 11 is 0. The molecule has 21 heavy (non-hydrogen) atoms. The molecule has 2 rings (SSSR count). The molecule has 0 atom stereocenters. The maximum atomic E-state index is 12.3. The van der Waals surface area contributed by atoms with E-state index < -0.39 is 12.7 Å². The van der Waals surface area contributed by atoms with E-state index >= 15 is 0 Å². The van der Waals surface area contributed by atoms with Gasteiger partial charge in [-0.05, 0) is 37.4 Å². The van der Waals surface area contributed by atoms with Crippen LogP contribution in [0.5, 0.6) is 0 Å². The number of rotatable bonds is 6. The van der Waals surface area contributed by atoms with E-state index in [4.69, 9.17) is 4.84 Å². The van der Waals surface area contributed by atoms with Crippen molar-refractivity contribution in [2.24, 2.45) is 5.92 Å². The largest absolute Gasteiger partial charge is 0.401 e. The smallest absolute Gasteiger partial charge is 0.297 e. The molecule has 1 aromatic carbocycles. The Morgan fingerprint density at radius 2 is 1.81 bits per heavy atom. The molecule has 6 heteroatoms. The molecule has 1 saturated heterocycles. The Bertz CT molecular complexity index is 403. The molecule has 0 spiro atoms. The van der Waals surface area contributed by atoms with E-state index in [1.54, 1.807) is 0 Å². The number of hydroxylamine groups is 1. The summed E-state index contributed by atoms with van der Waals surface area (Å²) in [5.41, 5.74) is 4.01. The van der Waals surface area contributed by atoms with Crippen LogP contribution < -0.4 is 5.48 Å². The summed E-state index contributed by atoms with van der Waals surface area (Å²) in [4.78, 5) is 6.86. The fourth-order valence-electron chi connectivity index (χ4n) is 2.49. The number of likely N-dealkylation sites (tertiary alicyclic amines) is 1. The lowest BCUT2D eigenvalue weighted by atomic mass is 9.97. The highest BCUT2D eigenvalue weighted by atomic mass is 19.4. The number of halogens is 3. The zero-order chi connectivity index (χ0) is 15.1. The van der Waals surface area contributed by atoms with Gasteiger partial charge in [-0.25, -0.2) is 5.48 Å². The Balaban J connectivity index is 1.57. The topological polar surface area (TPSA) is 24.5 Å². The number of piperidine rings is 1. The third-order valence-electron chi connectivity index (χ3n) is 3.67. The Kier molecular flexibility index (Phi) is 6.02. The van der Waals surface area contributed by atoms with Crippen LogP contribution in [-0.2, 0) is 11.4 Å². The molecule has 1 N–H and O–H groups in total. The Morgan fingerprint density at radius 3 is 2.43 bits per heavy atom. The van der Waals surface area contributed by atoms with Crippen molar-refractivity contribution in [2.75, 3.05) is 26.2 Å². The van der Waals surface area contributed by atoms with Crippen molar-refractivity contribution in [1.29, 1.82) is 0 Å². The SMILES string of the molecule is FC(F)(F)CN1CCC(CNOCc2ccccc2)CC1. The Morgan fingerprint density at radius 1 is 1.14 bits per heavy atom. The monoisotopic (exact) mass is 302 g/mol. The standard InChI is InChI=1S/C15H21F3N2O/c16-15(17,18)12-20-8-6-13(7-9-20)10-19-21-11-14-4-2-1-3-5-14/h1-5,13,19H,6-12H2. The molecule has 0 bridgehead atoms. The first-order valence-corrected chi connectivity index (χ1v) is 7.20. The second-order valence-electron chi connectivity index (χ2n) is 5.46. The Labute approximate surface area is 123 Å². The lowest BCUT2D eigenvalue weighted by molar-refractivity contribution is -0.148. The summed E-state index contributed by atoms with van der Waals surface area (Å²) in [6, 6.07) is 9.82. The van der Waals surface area contributed by atoms with Crippen LogP contribution in [0, 0.1) is 5.92 Å². The summed E-state index contributed by atoms with van der Waals surface area (Å²) < 4.78 is 36.8. The van der Waals surface area contributed by atoms with Crippen LogP contribution >= 0.6 is 0 Å².